The Balaban J connectivity index is 1.73. The van der Waals surface area contributed by atoms with Gasteiger partial charge in [-0.15, -0.1) is 0 Å². The second-order valence-corrected chi connectivity index (χ2v) is 8.59. The number of sulfonamides is 1. The fraction of sp³-hybridized carbons (Fsp3) is 0.0556. The molecule has 0 saturated carbocycles. The number of aromatic nitrogens is 2. The Morgan fingerprint density at radius 3 is 2.54 bits per heavy atom. The van der Waals surface area contributed by atoms with E-state index in [4.69, 9.17) is 0 Å². The number of rotatable bonds is 6. The number of carbonyl (C=O) groups excluding carboxylic acids is 1. The summed E-state index contributed by atoms with van der Waals surface area (Å²) in [6, 6.07) is 16.7. The fourth-order valence-electron chi connectivity index (χ4n) is 2.53. The summed E-state index contributed by atoms with van der Waals surface area (Å²) in [5, 5.41) is 6.32. The highest BCUT2D eigenvalue weighted by Crippen LogP contribution is 2.32. The van der Waals surface area contributed by atoms with Crippen molar-refractivity contribution in [1.29, 1.82) is 0 Å². The molecule has 2 heterocycles. The van der Waals surface area contributed by atoms with Crippen LogP contribution in [-0.4, -0.2) is 31.0 Å². The smallest absolute Gasteiger partial charge is 0.266 e. The number of fused-ring (bicyclic) bond motifs is 1. The van der Waals surface area contributed by atoms with Gasteiger partial charge in [-0.2, -0.15) is 0 Å². The van der Waals surface area contributed by atoms with Crippen molar-refractivity contribution in [1.82, 2.24) is 10.1 Å². The van der Waals surface area contributed by atoms with Gasteiger partial charge in [0.25, 0.3) is 10.0 Å². The van der Waals surface area contributed by atoms with Gasteiger partial charge in [-0.05, 0) is 24.3 Å². The summed E-state index contributed by atoms with van der Waals surface area (Å²) in [5.41, 5.74) is 0.660. The monoisotopic (exact) mass is 414 g/mol. The topological polar surface area (TPSA) is 105 Å². The van der Waals surface area contributed by atoms with Gasteiger partial charge in [-0.1, -0.05) is 46.8 Å². The van der Waals surface area contributed by atoms with Crippen LogP contribution in [0.15, 0.2) is 76.3 Å². The van der Waals surface area contributed by atoms with Crippen molar-refractivity contribution < 1.29 is 17.7 Å². The number of para-hydroxylation sites is 1. The molecule has 1 amide bonds. The number of anilines is 2. The summed E-state index contributed by atoms with van der Waals surface area (Å²) >= 11 is 1.20. The predicted octanol–water partition coefficient (Wildman–Crippen LogP) is 3.12. The molecule has 0 bridgehead atoms. The molecule has 0 aliphatic rings. The first-order valence-corrected chi connectivity index (χ1v) is 10.4. The second-order valence-electron chi connectivity index (χ2n) is 5.72. The number of hydrogen-bond donors (Lipinski definition) is 1. The molecular formula is C18H14N4O4S2. The maximum atomic E-state index is 13.2. The molecule has 0 atom stereocenters. The van der Waals surface area contributed by atoms with E-state index in [0.717, 1.165) is 9.01 Å². The Hall–Kier alpha value is -3.24. The molecule has 0 unspecified atom stereocenters. The largest absolute Gasteiger partial charge is 0.363 e. The minimum atomic E-state index is -4.00. The Morgan fingerprint density at radius 1 is 1.07 bits per heavy atom. The van der Waals surface area contributed by atoms with Crippen molar-refractivity contribution >= 4 is 48.4 Å². The molecule has 8 nitrogen and oxygen atoms in total. The van der Waals surface area contributed by atoms with Crippen LogP contribution in [-0.2, 0) is 14.8 Å². The maximum absolute atomic E-state index is 13.2. The number of carbonyl (C=O) groups is 1. The van der Waals surface area contributed by atoms with E-state index in [9.17, 15) is 13.2 Å². The minimum Gasteiger partial charge on any atom is -0.363 e. The highest BCUT2D eigenvalue weighted by atomic mass is 32.2. The molecule has 0 saturated heterocycles. The van der Waals surface area contributed by atoms with Gasteiger partial charge in [-0.25, -0.2) is 17.7 Å². The zero-order chi connectivity index (χ0) is 19.6. The van der Waals surface area contributed by atoms with Gasteiger partial charge in [-0.3, -0.25) is 4.79 Å². The molecule has 0 aliphatic heterocycles. The number of nitrogens with zero attached hydrogens (tertiary/aromatic N) is 3. The molecule has 28 heavy (non-hydrogen) atoms. The Morgan fingerprint density at radius 2 is 1.82 bits per heavy atom. The molecule has 0 spiro atoms. The van der Waals surface area contributed by atoms with Crippen molar-refractivity contribution in [2.24, 2.45) is 0 Å². The second kappa shape index (κ2) is 7.41. The molecule has 2 aromatic heterocycles. The quantitative estimate of drug-likeness (QED) is 0.520. The number of amides is 1. The van der Waals surface area contributed by atoms with Gasteiger partial charge in [0.1, 0.15) is 12.8 Å². The van der Waals surface area contributed by atoms with Gasteiger partial charge >= 0.3 is 0 Å². The van der Waals surface area contributed by atoms with Crippen molar-refractivity contribution in [2.75, 3.05) is 16.2 Å². The van der Waals surface area contributed by atoms with Crippen molar-refractivity contribution in [2.45, 2.75) is 4.90 Å². The third-order valence-electron chi connectivity index (χ3n) is 3.82. The highest BCUT2D eigenvalue weighted by Gasteiger charge is 2.29. The lowest BCUT2D eigenvalue weighted by atomic mass is 10.3. The van der Waals surface area contributed by atoms with Crippen LogP contribution in [0.4, 0.5) is 10.9 Å². The van der Waals surface area contributed by atoms with E-state index in [0.29, 0.717) is 5.52 Å². The maximum Gasteiger partial charge on any atom is 0.266 e. The fourth-order valence-corrected chi connectivity index (χ4v) is 5.10. The van der Waals surface area contributed by atoms with E-state index in [1.165, 1.54) is 35.8 Å². The van der Waals surface area contributed by atoms with E-state index in [1.54, 1.807) is 24.3 Å². The summed E-state index contributed by atoms with van der Waals surface area (Å²) in [5.74, 6) is -0.362. The van der Waals surface area contributed by atoms with Gasteiger partial charge in [0.15, 0.2) is 5.82 Å². The standard InChI is InChI=1S/C18H14N4O4S2/c23-17(20-16-10-11-26-21-16)12-22(28(24,25)13-6-2-1-3-7-13)18-19-14-8-4-5-9-15(14)27-18/h1-11H,12H2,(H,20,21,23). The van der Waals surface area contributed by atoms with Gasteiger partial charge in [0.05, 0.1) is 15.1 Å². The van der Waals surface area contributed by atoms with Gasteiger partial charge in [0, 0.05) is 6.07 Å². The van der Waals surface area contributed by atoms with Gasteiger partial charge < -0.3 is 9.84 Å². The number of hydrogen-bond acceptors (Lipinski definition) is 7. The lowest BCUT2D eigenvalue weighted by Gasteiger charge is -2.21. The predicted molar refractivity (Wildman–Crippen MR) is 106 cm³/mol. The lowest BCUT2D eigenvalue weighted by Crippen LogP contribution is -2.38. The summed E-state index contributed by atoms with van der Waals surface area (Å²) in [7, 11) is -4.00. The van der Waals surface area contributed by atoms with Crippen LogP contribution in [0.25, 0.3) is 10.2 Å². The summed E-state index contributed by atoms with van der Waals surface area (Å²) in [4.78, 5) is 16.9. The first kappa shape index (κ1) is 18.1. The number of nitrogens with one attached hydrogen (secondary N) is 1. The van der Waals surface area contributed by atoms with E-state index in [1.807, 2.05) is 18.2 Å². The molecule has 0 radical (unpaired) electrons. The van der Waals surface area contributed by atoms with Crippen LogP contribution >= 0.6 is 11.3 Å². The molecular weight excluding hydrogens is 400 g/mol. The van der Waals surface area contributed by atoms with Crippen molar-refractivity contribution in [3.63, 3.8) is 0 Å². The Kier molecular flexibility index (Phi) is 4.80. The van der Waals surface area contributed by atoms with Crippen molar-refractivity contribution in [3.05, 3.63) is 66.9 Å². The van der Waals surface area contributed by atoms with E-state index >= 15 is 0 Å². The Bertz CT molecular complexity index is 1170. The molecule has 0 fully saturated rings. The first-order valence-electron chi connectivity index (χ1n) is 8.17. The van der Waals surface area contributed by atoms with Gasteiger partial charge in [0.2, 0.25) is 11.0 Å². The van der Waals surface area contributed by atoms with E-state index in [2.05, 4.69) is 20.0 Å². The third kappa shape index (κ3) is 3.59. The van der Waals surface area contributed by atoms with E-state index in [-0.39, 0.29) is 15.8 Å². The summed E-state index contributed by atoms with van der Waals surface area (Å²) < 4.78 is 33.0. The molecule has 1 N–H and O–H groups in total. The first-order chi connectivity index (χ1) is 13.5. The molecule has 0 aliphatic carbocycles. The van der Waals surface area contributed by atoms with Crippen LogP contribution < -0.4 is 9.62 Å². The average Bonchev–Trinajstić information content (AvgIpc) is 3.36. The van der Waals surface area contributed by atoms with Crippen molar-refractivity contribution in [3.8, 4) is 0 Å². The molecule has 4 aromatic rings. The summed E-state index contributed by atoms with van der Waals surface area (Å²) in [6.45, 7) is -0.454. The zero-order valence-corrected chi connectivity index (χ0v) is 16.0. The number of thiazole rings is 1. The number of benzene rings is 2. The summed E-state index contributed by atoms with van der Waals surface area (Å²) in [6.07, 6.45) is 1.31. The van der Waals surface area contributed by atoms with Crippen LogP contribution in [0, 0.1) is 0 Å². The van der Waals surface area contributed by atoms with E-state index < -0.39 is 22.5 Å². The minimum absolute atomic E-state index is 0.0727. The molecule has 10 heteroatoms. The molecule has 4 rings (SSSR count). The molecule has 2 aromatic carbocycles. The SMILES string of the molecule is O=C(CN(c1nc2ccccc2s1)S(=O)(=O)c1ccccc1)Nc1ccon1. The van der Waals surface area contributed by atoms with Crippen LogP contribution in [0.2, 0.25) is 0 Å². The zero-order valence-electron chi connectivity index (χ0n) is 14.3. The van der Waals surface area contributed by atoms with Crippen LogP contribution in [0.1, 0.15) is 0 Å². The normalized spacial score (nSPS) is 11.4. The average molecular weight is 414 g/mol. The Labute approximate surface area is 164 Å². The lowest BCUT2D eigenvalue weighted by molar-refractivity contribution is -0.114. The third-order valence-corrected chi connectivity index (χ3v) is 6.74. The molecule has 142 valence electrons. The van der Waals surface area contributed by atoms with Crippen LogP contribution in [0.5, 0.6) is 0 Å². The highest BCUT2D eigenvalue weighted by molar-refractivity contribution is 7.93. The van der Waals surface area contributed by atoms with Crippen LogP contribution in [0.3, 0.4) is 0 Å².